The molecule has 108 valence electrons. The van der Waals surface area contributed by atoms with Crippen molar-refractivity contribution in [2.75, 3.05) is 19.4 Å². The molecular formula is C14H17O5P. The van der Waals surface area contributed by atoms with Gasteiger partial charge in [0, 0.05) is 5.39 Å². The highest BCUT2D eigenvalue weighted by molar-refractivity contribution is 7.54. The van der Waals surface area contributed by atoms with Crippen molar-refractivity contribution >= 4 is 24.3 Å². The first-order valence-corrected chi connectivity index (χ1v) is 8.20. The molecule has 0 N–H and O–H groups in total. The van der Waals surface area contributed by atoms with Gasteiger partial charge in [0.25, 0.3) is 0 Å². The third kappa shape index (κ3) is 3.37. The van der Waals surface area contributed by atoms with Crippen LogP contribution in [0.15, 0.2) is 34.7 Å². The summed E-state index contributed by atoms with van der Waals surface area (Å²) < 4.78 is 28.0. The molecule has 6 heteroatoms. The lowest BCUT2D eigenvalue weighted by Gasteiger charge is -2.15. The van der Waals surface area contributed by atoms with Gasteiger partial charge in [0.15, 0.2) is 5.76 Å². The molecule has 5 nitrogen and oxygen atoms in total. The van der Waals surface area contributed by atoms with Gasteiger partial charge >= 0.3 is 7.60 Å². The fraction of sp³-hybridized carbons (Fsp3) is 0.357. The van der Waals surface area contributed by atoms with Crippen LogP contribution in [-0.4, -0.2) is 25.2 Å². The Kier molecular flexibility index (Phi) is 4.76. The topological polar surface area (TPSA) is 65.7 Å². The van der Waals surface area contributed by atoms with Crippen LogP contribution in [0.5, 0.6) is 0 Å². The first-order chi connectivity index (χ1) is 9.58. The van der Waals surface area contributed by atoms with Crippen molar-refractivity contribution in [3.05, 3.63) is 36.1 Å². The van der Waals surface area contributed by atoms with Crippen molar-refractivity contribution in [1.82, 2.24) is 0 Å². The van der Waals surface area contributed by atoms with Gasteiger partial charge in [0.2, 0.25) is 5.78 Å². The molecule has 1 aromatic heterocycles. The Bertz CT molecular complexity index is 603. The lowest BCUT2D eigenvalue weighted by Crippen LogP contribution is -2.09. The molecule has 0 aliphatic heterocycles. The van der Waals surface area contributed by atoms with Crippen LogP contribution in [-0.2, 0) is 13.6 Å². The van der Waals surface area contributed by atoms with Crippen LogP contribution in [0.1, 0.15) is 24.4 Å². The number of carbonyl (C=O) groups is 1. The Morgan fingerprint density at radius 1 is 1.20 bits per heavy atom. The van der Waals surface area contributed by atoms with Crippen LogP contribution in [0.25, 0.3) is 11.0 Å². The molecule has 0 unspecified atom stereocenters. The molecule has 0 amide bonds. The van der Waals surface area contributed by atoms with Crippen LogP contribution in [0, 0.1) is 0 Å². The highest BCUT2D eigenvalue weighted by Crippen LogP contribution is 2.48. The lowest BCUT2D eigenvalue weighted by molar-refractivity contribution is 0.0981. The third-order valence-electron chi connectivity index (χ3n) is 2.69. The van der Waals surface area contributed by atoms with Gasteiger partial charge in [-0.3, -0.25) is 9.36 Å². The smallest absolute Gasteiger partial charge is 0.338 e. The van der Waals surface area contributed by atoms with Gasteiger partial charge in [-0.1, -0.05) is 18.2 Å². The number of Topliss-reactive ketones (excluding diaryl/α,β-unsaturated/α-hetero) is 1. The fourth-order valence-electron chi connectivity index (χ4n) is 1.90. The van der Waals surface area contributed by atoms with Crippen LogP contribution < -0.4 is 0 Å². The van der Waals surface area contributed by atoms with Gasteiger partial charge in [-0.25, -0.2) is 0 Å². The van der Waals surface area contributed by atoms with Gasteiger partial charge in [0.05, 0.1) is 13.2 Å². The summed E-state index contributed by atoms with van der Waals surface area (Å²) in [4.78, 5) is 12.2. The van der Waals surface area contributed by atoms with Crippen LogP contribution in [0.4, 0.5) is 0 Å². The molecule has 0 radical (unpaired) electrons. The quantitative estimate of drug-likeness (QED) is 0.573. The number of carbonyl (C=O) groups excluding carboxylic acids is 1. The molecule has 0 aliphatic rings. The molecule has 0 saturated carbocycles. The molecule has 0 bridgehead atoms. The predicted molar refractivity (Wildman–Crippen MR) is 76.3 cm³/mol. The lowest BCUT2D eigenvalue weighted by atomic mass is 10.2. The molecule has 0 fully saturated rings. The van der Waals surface area contributed by atoms with E-state index in [4.69, 9.17) is 13.5 Å². The first kappa shape index (κ1) is 15.0. The fourth-order valence-corrected chi connectivity index (χ4v) is 3.45. The molecule has 20 heavy (non-hydrogen) atoms. The van der Waals surface area contributed by atoms with Crippen molar-refractivity contribution < 1.29 is 22.8 Å². The van der Waals surface area contributed by atoms with E-state index in [1.807, 2.05) is 18.2 Å². The highest BCUT2D eigenvalue weighted by Gasteiger charge is 2.29. The van der Waals surface area contributed by atoms with Crippen LogP contribution in [0.3, 0.4) is 0 Å². The summed E-state index contributed by atoms with van der Waals surface area (Å²) in [6.45, 7) is 3.87. The standard InChI is InChI=1S/C14H17O5P/c1-3-17-20(16,18-4-2)10-12(15)14-9-11-7-5-6-8-13(11)19-14/h5-9H,3-4,10H2,1-2H3. The van der Waals surface area contributed by atoms with E-state index in [2.05, 4.69) is 0 Å². The second kappa shape index (κ2) is 6.35. The third-order valence-corrected chi connectivity index (χ3v) is 4.67. The minimum Gasteiger partial charge on any atom is -0.453 e. The largest absolute Gasteiger partial charge is 0.453 e. The summed E-state index contributed by atoms with van der Waals surface area (Å²) in [6, 6.07) is 8.94. The van der Waals surface area contributed by atoms with E-state index in [9.17, 15) is 9.36 Å². The summed E-state index contributed by atoms with van der Waals surface area (Å²) in [5, 5.41) is 0.832. The van der Waals surface area contributed by atoms with Crippen molar-refractivity contribution in [1.29, 1.82) is 0 Å². The van der Waals surface area contributed by atoms with E-state index in [-0.39, 0.29) is 30.9 Å². The second-order valence-corrected chi connectivity index (χ2v) is 6.23. The molecule has 0 spiro atoms. The summed E-state index contributed by atoms with van der Waals surface area (Å²) in [5.74, 6) is -0.211. The van der Waals surface area contributed by atoms with E-state index in [0.717, 1.165) is 5.39 Å². The maximum atomic E-state index is 12.3. The van der Waals surface area contributed by atoms with Crippen LogP contribution in [0.2, 0.25) is 0 Å². The number of benzene rings is 1. The Morgan fingerprint density at radius 2 is 1.85 bits per heavy atom. The predicted octanol–water partition coefficient (Wildman–Crippen LogP) is 3.88. The second-order valence-electron chi connectivity index (χ2n) is 4.18. The molecular weight excluding hydrogens is 279 g/mol. The van der Waals surface area contributed by atoms with Crippen molar-refractivity contribution in [2.24, 2.45) is 0 Å². The monoisotopic (exact) mass is 296 g/mol. The Balaban J connectivity index is 2.20. The van der Waals surface area contributed by atoms with E-state index >= 15 is 0 Å². The average molecular weight is 296 g/mol. The number of fused-ring (bicyclic) bond motifs is 1. The molecule has 0 saturated heterocycles. The molecule has 0 atom stereocenters. The van der Waals surface area contributed by atoms with E-state index in [0.29, 0.717) is 5.58 Å². The summed E-state index contributed by atoms with van der Waals surface area (Å²) >= 11 is 0. The Morgan fingerprint density at radius 3 is 2.45 bits per heavy atom. The number of rotatable bonds is 7. The van der Waals surface area contributed by atoms with E-state index in [1.165, 1.54) is 0 Å². The summed E-state index contributed by atoms with van der Waals surface area (Å²) in [7, 11) is -3.39. The number of ketones is 1. The Hall–Kier alpha value is -1.42. The minimum absolute atomic E-state index is 0.172. The molecule has 1 heterocycles. The number of para-hydroxylation sites is 1. The maximum Gasteiger partial charge on any atom is 0.338 e. The first-order valence-electron chi connectivity index (χ1n) is 6.48. The van der Waals surface area contributed by atoms with Gasteiger partial charge in [0.1, 0.15) is 11.7 Å². The van der Waals surface area contributed by atoms with Gasteiger partial charge < -0.3 is 13.5 Å². The van der Waals surface area contributed by atoms with Crippen molar-refractivity contribution in [3.8, 4) is 0 Å². The Labute approximate surface area is 117 Å². The molecule has 0 aliphatic carbocycles. The van der Waals surface area contributed by atoms with Crippen LogP contribution >= 0.6 is 7.60 Å². The zero-order valence-corrected chi connectivity index (χ0v) is 12.4. The van der Waals surface area contributed by atoms with Gasteiger partial charge in [-0.2, -0.15) is 0 Å². The highest BCUT2D eigenvalue weighted by atomic mass is 31.2. The average Bonchev–Trinajstić information content (AvgIpc) is 2.82. The molecule has 1 aromatic carbocycles. The SMILES string of the molecule is CCOP(=O)(CC(=O)c1cc2ccccc2o1)OCC. The normalized spacial score (nSPS) is 11.9. The number of hydrogen-bond donors (Lipinski definition) is 0. The zero-order valence-electron chi connectivity index (χ0n) is 11.5. The van der Waals surface area contributed by atoms with Crippen molar-refractivity contribution in [2.45, 2.75) is 13.8 Å². The molecule has 2 rings (SSSR count). The molecule has 2 aromatic rings. The number of furan rings is 1. The maximum absolute atomic E-state index is 12.3. The van der Waals surface area contributed by atoms with E-state index in [1.54, 1.807) is 26.0 Å². The minimum atomic E-state index is -3.39. The zero-order chi connectivity index (χ0) is 14.6. The summed E-state index contributed by atoms with van der Waals surface area (Å²) in [5.41, 5.74) is 0.624. The summed E-state index contributed by atoms with van der Waals surface area (Å²) in [6.07, 6.45) is -0.311. The van der Waals surface area contributed by atoms with Gasteiger partial charge in [-0.15, -0.1) is 0 Å². The van der Waals surface area contributed by atoms with Crippen molar-refractivity contribution in [3.63, 3.8) is 0 Å². The van der Waals surface area contributed by atoms with Gasteiger partial charge in [-0.05, 0) is 26.0 Å². The van der Waals surface area contributed by atoms with E-state index < -0.39 is 7.60 Å². The number of hydrogen-bond acceptors (Lipinski definition) is 5.